The van der Waals surface area contributed by atoms with Crippen LogP contribution in [0.4, 0.5) is 5.69 Å². The first-order valence-corrected chi connectivity index (χ1v) is 9.89. The Morgan fingerprint density at radius 2 is 2.07 bits per heavy atom. The Morgan fingerprint density at radius 3 is 2.83 bits per heavy atom. The monoisotopic (exact) mass is 411 g/mol. The number of rotatable bonds is 6. The second-order valence-electron chi connectivity index (χ2n) is 7.21. The molecule has 1 aromatic heterocycles. The minimum Gasteiger partial charge on any atom is -0.497 e. The van der Waals surface area contributed by atoms with Gasteiger partial charge in [-0.15, -0.1) is 0 Å². The minimum absolute atomic E-state index is 0.0127. The molecule has 6 nitrogen and oxygen atoms in total. The zero-order valence-electron chi connectivity index (χ0n) is 16.1. The van der Waals surface area contributed by atoms with Crippen LogP contribution in [-0.2, 0) is 16.0 Å². The van der Waals surface area contributed by atoms with Gasteiger partial charge >= 0.3 is 0 Å². The molecule has 7 heteroatoms. The second kappa shape index (κ2) is 8.17. The summed E-state index contributed by atoms with van der Waals surface area (Å²) in [5.41, 5.74) is 2.84. The van der Waals surface area contributed by atoms with Crippen LogP contribution in [0.3, 0.4) is 0 Å². The first-order chi connectivity index (χ1) is 14.0. The Kier molecular flexibility index (Phi) is 5.45. The summed E-state index contributed by atoms with van der Waals surface area (Å²) < 4.78 is 5.31. The van der Waals surface area contributed by atoms with Crippen molar-refractivity contribution in [3.63, 3.8) is 0 Å². The lowest BCUT2D eigenvalue weighted by molar-refractivity contribution is -0.128. The van der Waals surface area contributed by atoms with Crippen LogP contribution in [0.5, 0.6) is 5.75 Å². The van der Waals surface area contributed by atoms with E-state index in [1.807, 2.05) is 24.4 Å². The maximum absolute atomic E-state index is 12.5. The smallest absolute Gasteiger partial charge is 0.229 e. The fourth-order valence-corrected chi connectivity index (χ4v) is 3.81. The van der Waals surface area contributed by atoms with Crippen LogP contribution < -0.4 is 10.1 Å². The van der Waals surface area contributed by atoms with Gasteiger partial charge in [-0.25, -0.2) is 0 Å². The number of carbonyl (C=O) groups is 2. The Hall–Kier alpha value is -2.99. The van der Waals surface area contributed by atoms with Gasteiger partial charge in [0.15, 0.2) is 0 Å². The molecular formula is C22H22ClN3O3. The first-order valence-electron chi connectivity index (χ1n) is 9.51. The number of nitrogens with zero attached hydrogens (tertiary/aromatic N) is 1. The third kappa shape index (κ3) is 4.22. The molecule has 4 rings (SSSR count). The Morgan fingerprint density at radius 1 is 1.28 bits per heavy atom. The predicted molar refractivity (Wildman–Crippen MR) is 113 cm³/mol. The van der Waals surface area contributed by atoms with E-state index in [4.69, 9.17) is 16.3 Å². The molecule has 29 heavy (non-hydrogen) atoms. The van der Waals surface area contributed by atoms with Crippen molar-refractivity contribution < 1.29 is 14.3 Å². The fraction of sp³-hybridized carbons (Fsp3) is 0.273. The Balaban J connectivity index is 1.37. The third-order valence-corrected chi connectivity index (χ3v) is 5.57. The molecule has 2 aromatic carbocycles. The molecule has 2 amide bonds. The lowest BCUT2D eigenvalue weighted by atomic mass is 10.1. The topological polar surface area (TPSA) is 74.4 Å². The van der Waals surface area contributed by atoms with Gasteiger partial charge in [0.05, 0.1) is 13.0 Å². The number of benzene rings is 2. The molecule has 0 bridgehead atoms. The molecule has 150 valence electrons. The van der Waals surface area contributed by atoms with Crippen LogP contribution in [0, 0.1) is 5.92 Å². The van der Waals surface area contributed by atoms with Gasteiger partial charge in [-0.2, -0.15) is 0 Å². The molecule has 1 aliphatic heterocycles. The maximum atomic E-state index is 12.5. The number of nitrogens with one attached hydrogen (secondary N) is 2. The van der Waals surface area contributed by atoms with Gasteiger partial charge in [0.1, 0.15) is 5.75 Å². The Labute approximate surface area is 173 Å². The highest BCUT2D eigenvalue weighted by Crippen LogP contribution is 2.25. The van der Waals surface area contributed by atoms with E-state index in [-0.39, 0.29) is 24.2 Å². The lowest BCUT2D eigenvalue weighted by Crippen LogP contribution is -2.30. The van der Waals surface area contributed by atoms with Crippen LogP contribution in [0.1, 0.15) is 12.0 Å². The number of H-pyrrole nitrogens is 1. The highest BCUT2D eigenvalue weighted by atomic mass is 35.5. The molecule has 0 unspecified atom stereocenters. The quantitative estimate of drug-likeness (QED) is 0.646. The minimum atomic E-state index is -0.346. The molecule has 1 aliphatic rings. The van der Waals surface area contributed by atoms with E-state index < -0.39 is 0 Å². The zero-order chi connectivity index (χ0) is 20.4. The SMILES string of the molecule is COc1ccc2[nH]cc(CCN3C[C@@H](C(=O)Nc4ccc(Cl)cc4)CC3=O)c2c1. The van der Waals surface area contributed by atoms with Crippen LogP contribution in [-0.4, -0.2) is 41.9 Å². The van der Waals surface area contributed by atoms with Gasteiger partial charge in [-0.05, 0) is 54.4 Å². The largest absolute Gasteiger partial charge is 0.497 e. The fourth-order valence-electron chi connectivity index (χ4n) is 3.69. The summed E-state index contributed by atoms with van der Waals surface area (Å²) in [6.45, 7) is 1.01. The van der Waals surface area contributed by atoms with E-state index >= 15 is 0 Å². The molecule has 0 spiro atoms. The van der Waals surface area contributed by atoms with Crippen molar-refractivity contribution in [2.75, 3.05) is 25.5 Å². The first kappa shape index (κ1) is 19.3. The van der Waals surface area contributed by atoms with E-state index in [1.54, 1.807) is 36.3 Å². The number of hydrogen-bond acceptors (Lipinski definition) is 3. The van der Waals surface area contributed by atoms with Crippen LogP contribution in [0.2, 0.25) is 5.02 Å². The number of halogens is 1. The number of amides is 2. The lowest BCUT2D eigenvalue weighted by Gasteiger charge is -2.16. The molecule has 2 N–H and O–H groups in total. The summed E-state index contributed by atoms with van der Waals surface area (Å²) in [7, 11) is 1.64. The van der Waals surface area contributed by atoms with Gasteiger partial charge in [-0.1, -0.05) is 11.6 Å². The Bertz CT molecular complexity index is 1050. The van der Waals surface area contributed by atoms with E-state index in [0.29, 0.717) is 30.2 Å². The van der Waals surface area contributed by atoms with Crippen molar-refractivity contribution in [2.45, 2.75) is 12.8 Å². The number of fused-ring (bicyclic) bond motifs is 1. The average molecular weight is 412 g/mol. The molecule has 1 saturated heterocycles. The molecule has 1 atom stereocenters. The van der Waals surface area contributed by atoms with Gasteiger partial charge in [0, 0.05) is 47.3 Å². The van der Waals surface area contributed by atoms with Gasteiger partial charge in [0.25, 0.3) is 0 Å². The molecule has 0 radical (unpaired) electrons. The van der Waals surface area contributed by atoms with E-state index in [2.05, 4.69) is 10.3 Å². The third-order valence-electron chi connectivity index (χ3n) is 5.32. The number of ether oxygens (including phenoxy) is 1. The van der Waals surface area contributed by atoms with Gasteiger partial charge in [0.2, 0.25) is 11.8 Å². The standard InChI is InChI=1S/C22H22ClN3O3/c1-29-18-6-7-20-19(11-18)14(12-24-20)8-9-26-13-15(10-21(26)27)22(28)25-17-4-2-16(23)3-5-17/h2-7,11-12,15,24H,8-10,13H2,1H3,(H,25,28)/t15-/m0/s1. The number of aromatic amines is 1. The molecule has 0 saturated carbocycles. The van der Waals surface area contributed by atoms with E-state index in [1.165, 1.54) is 0 Å². The second-order valence-corrected chi connectivity index (χ2v) is 7.65. The van der Waals surface area contributed by atoms with Crippen molar-refractivity contribution >= 4 is 40.0 Å². The van der Waals surface area contributed by atoms with E-state index in [0.717, 1.165) is 22.2 Å². The molecule has 1 fully saturated rings. The zero-order valence-corrected chi connectivity index (χ0v) is 16.8. The summed E-state index contributed by atoms with van der Waals surface area (Å²) >= 11 is 5.87. The summed E-state index contributed by atoms with van der Waals surface area (Å²) in [4.78, 5) is 30.0. The summed E-state index contributed by atoms with van der Waals surface area (Å²) in [5, 5.41) is 4.57. The number of likely N-dealkylation sites (tertiary alicyclic amines) is 1. The molecular weight excluding hydrogens is 390 g/mol. The van der Waals surface area contributed by atoms with Crippen molar-refractivity contribution in [1.82, 2.24) is 9.88 Å². The average Bonchev–Trinajstić information content (AvgIpc) is 3.30. The number of carbonyl (C=O) groups excluding carboxylic acids is 2. The molecule has 0 aliphatic carbocycles. The highest BCUT2D eigenvalue weighted by Gasteiger charge is 2.34. The van der Waals surface area contributed by atoms with Crippen molar-refractivity contribution in [2.24, 2.45) is 5.92 Å². The summed E-state index contributed by atoms with van der Waals surface area (Å²) in [6, 6.07) is 12.8. The normalized spacial score (nSPS) is 16.4. The van der Waals surface area contributed by atoms with Crippen LogP contribution >= 0.6 is 11.6 Å². The van der Waals surface area contributed by atoms with Crippen molar-refractivity contribution in [1.29, 1.82) is 0 Å². The number of hydrogen-bond donors (Lipinski definition) is 2. The summed E-state index contributed by atoms with van der Waals surface area (Å²) in [5.74, 6) is 0.328. The van der Waals surface area contributed by atoms with Gasteiger partial charge < -0.3 is 19.9 Å². The predicted octanol–water partition coefficient (Wildman–Crippen LogP) is 3.86. The molecule has 3 aromatic rings. The van der Waals surface area contributed by atoms with E-state index in [9.17, 15) is 9.59 Å². The summed E-state index contributed by atoms with van der Waals surface area (Å²) in [6.07, 6.45) is 2.92. The maximum Gasteiger partial charge on any atom is 0.229 e. The number of methoxy groups -OCH3 is 1. The molecule has 2 heterocycles. The van der Waals surface area contributed by atoms with Crippen LogP contribution in [0.15, 0.2) is 48.7 Å². The number of anilines is 1. The van der Waals surface area contributed by atoms with Crippen LogP contribution in [0.25, 0.3) is 10.9 Å². The van der Waals surface area contributed by atoms with Gasteiger partial charge in [-0.3, -0.25) is 9.59 Å². The van der Waals surface area contributed by atoms with Crippen molar-refractivity contribution in [3.05, 3.63) is 59.2 Å². The highest BCUT2D eigenvalue weighted by molar-refractivity contribution is 6.30. The number of aromatic nitrogens is 1. The van der Waals surface area contributed by atoms with Crippen molar-refractivity contribution in [3.8, 4) is 5.75 Å².